The molecule has 0 aromatic carbocycles. The van der Waals surface area contributed by atoms with Gasteiger partial charge in [0.15, 0.2) is 0 Å². The van der Waals surface area contributed by atoms with Gasteiger partial charge in [0.25, 0.3) is 0 Å². The van der Waals surface area contributed by atoms with E-state index in [4.69, 9.17) is 0 Å². The van der Waals surface area contributed by atoms with Crippen molar-refractivity contribution < 1.29 is 0 Å². The summed E-state index contributed by atoms with van der Waals surface area (Å²) in [6, 6.07) is 4.33. The smallest absolute Gasteiger partial charge is 0.0909 e. The maximum absolute atomic E-state index is 4.26. The van der Waals surface area contributed by atoms with Gasteiger partial charge in [-0.3, -0.25) is 4.90 Å². The minimum absolute atomic E-state index is 0.971. The number of hydrogen-bond donors (Lipinski definition) is 1. The molecule has 1 aliphatic heterocycles. The van der Waals surface area contributed by atoms with Crippen molar-refractivity contribution in [3.05, 3.63) is 17.5 Å². The molecule has 78 valence electrons. The van der Waals surface area contributed by atoms with Crippen LogP contribution in [0.5, 0.6) is 0 Å². The highest BCUT2D eigenvalue weighted by Gasteiger charge is 2.16. The molecule has 0 unspecified atom stereocenters. The van der Waals surface area contributed by atoms with E-state index in [1.165, 1.54) is 18.1 Å². The Balaban J connectivity index is 1.84. The average Bonchev–Trinajstić information content (AvgIpc) is 2.72. The van der Waals surface area contributed by atoms with Gasteiger partial charge in [0.2, 0.25) is 0 Å². The standard InChI is InChI=1S/C10H16N2S2/c13-8-7-11-3-5-12(6-4-11)10-2-1-9-14-10/h1-2,9,13H,3-8H2. The minimum atomic E-state index is 0.971. The molecular weight excluding hydrogens is 212 g/mol. The van der Waals surface area contributed by atoms with Crippen LogP contribution in [0.25, 0.3) is 0 Å². The van der Waals surface area contributed by atoms with Crippen molar-refractivity contribution in [3.8, 4) is 0 Å². The lowest BCUT2D eigenvalue weighted by molar-refractivity contribution is 0.274. The number of piperazine rings is 1. The lowest BCUT2D eigenvalue weighted by Crippen LogP contribution is -2.46. The molecule has 1 aliphatic rings. The molecule has 0 radical (unpaired) electrons. The number of hydrogen-bond acceptors (Lipinski definition) is 4. The van der Waals surface area contributed by atoms with E-state index < -0.39 is 0 Å². The van der Waals surface area contributed by atoms with E-state index in [0.717, 1.165) is 25.4 Å². The summed E-state index contributed by atoms with van der Waals surface area (Å²) in [6.45, 7) is 5.81. The molecule has 1 aromatic rings. The Labute approximate surface area is 94.9 Å². The molecule has 0 aliphatic carbocycles. The van der Waals surface area contributed by atoms with Gasteiger partial charge >= 0.3 is 0 Å². The molecule has 1 saturated heterocycles. The number of anilines is 1. The van der Waals surface area contributed by atoms with Gasteiger partial charge in [-0.1, -0.05) is 0 Å². The Hall–Kier alpha value is -0.190. The zero-order chi connectivity index (χ0) is 9.80. The molecule has 0 saturated carbocycles. The molecule has 2 heterocycles. The van der Waals surface area contributed by atoms with Crippen molar-refractivity contribution in [1.29, 1.82) is 0 Å². The number of thiol groups is 1. The van der Waals surface area contributed by atoms with Crippen LogP contribution in [0.4, 0.5) is 5.00 Å². The summed E-state index contributed by atoms with van der Waals surface area (Å²) in [7, 11) is 0. The van der Waals surface area contributed by atoms with Crippen LogP contribution in [0.3, 0.4) is 0 Å². The van der Waals surface area contributed by atoms with Crippen LogP contribution in [0.1, 0.15) is 0 Å². The van der Waals surface area contributed by atoms with Gasteiger partial charge in [-0.25, -0.2) is 0 Å². The van der Waals surface area contributed by atoms with Gasteiger partial charge < -0.3 is 4.90 Å². The fourth-order valence-electron chi connectivity index (χ4n) is 1.78. The summed E-state index contributed by atoms with van der Waals surface area (Å²) >= 11 is 6.10. The quantitative estimate of drug-likeness (QED) is 0.788. The summed E-state index contributed by atoms with van der Waals surface area (Å²) in [6.07, 6.45) is 0. The lowest BCUT2D eigenvalue weighted by atomic mass is 10.3. The maximum Gasteiger partial charge on any atom is 0.0909 e. The average molecular weight is 228 g/mol. The van der Waals surface area contributed by atoms with Crippen molar-refractivity contribution in [2.45, 2.75) is 0 Å². The Kier molecular flexibility index (Phi) is 3.73. The molecule has 0 atom stereocenters. The Morgan fingerprint density at radius 1 is 1.29 bits per heavy atom. The van der Waals surface area contributed by atoms with Gasteiger partial charge in [0.1, 0.15) is 0 Å². The summed E-state index contributed by atoms with van der Waals surface area (Å²) < 4.78 is 0. The van der Waals surface area contributed by atoms with Crippen LogP contribution in [-0.2, 0) is 0 Å². The molecule has 0 N–H and O–H groups in total. The van der Waals surface area contributed by atoms with Gasteiger partial charge in [-0.15, -0.1) is 11.3 Å². The van der Waals surface area contributed by atoms with E-state index in [0.29, 0.717) is 0 Å². The van der Waals surface area contributed by atoms with Crippen molar-refractivity contribution in [1.82, 2.24) is 4.90 Å². The Morgan fingerprint density at radius 2 is 2.07 bits per heavy atom. The molecule has 1 aromatic heterocycles. The first-order valence-electron chi connectivity index (χ1n) is 5.02. The van der Waals surface area contributed by atoms with Crippen molar-refractivity contribution >= 4 is 29.0 Å². The molecule has 1 fully saturated rings. The first kappa shape index (κ1) is 10.3. The van der Waals surface area contributed by atoms with Gasteiger partial charge in [-0.05, 0) is 17.5 Å². The largest absolute Gasteiger partial charge is 0.361 e. The van der Waals surface area contributed by atoms with Crippen LogP contribution in [0, 0.1) is 0 Å². The van der Waals surface area contributed by atoms with E-state index in [1.54, 1.807) is 0 Å². The molecule has 4 heteroatoms. The third kappa shape index (κ3) is 2.43. The normalized spacial score (nSPS) is 18.8. The highest BCUT2D eigenvalue weighted by molar-refractivity contribution is 7.80. The number of nitrogens with zero attached hydrogens (tertiary/aromatic N) is 2. The second kappa shape index (κ2) is 5.05. The van der Waals surface area contributed by atoms with E-state index in [9.17, 15) is 0 Å². The van der Waals surface area contributed by atoms with Gasteiger partial charge in [0, 0.05) is 38.5 Å². The van der Waals surface area contributed by atoms with Crippen molar-refractivity contribution in [2.75, 3.05) is 43.4 Å². The molecule has 0 bridgehead atoms. The number of thiophene rings is 1. The third-order valence-corrected chi connectivity index (χ3v) is 3.74. The zero-order valence-electron chi connectivity index (χ0n) is 8.22. The van der Waals surface area contributed by atoms with Crippen LogP contribution < -0.4 is 4.90 Å². The predicted octanol–water partition coefficient (Wildman–Crippen LogP) is 1.80. The first-order valence-corrected chi connectivity index (χ1v) is 6.53. The topological polar surface area (TPSA) is 6.48 Å². The molecule has 2 rings (SSSR count). The lowest BCUT2D eigenvalue weighted by Gasteiger charge is -2.34. The van der Waals surface area contributed by atoms with Gasteiger partial charge in [-0.2, -0.15) is 12.6 Å². The highest BCUT2D eigenvalue weighted by Crippen LogP contribution is 2.22. The Bertz CT molecular complexity index is 253. The second-order valence-electron chi connectivity index (χ2n) is 3.50. The van der Waals surface area contributed by atoms with Crippen molar-refractivity contribution in [3.63, 3.8) is 0 Å². The second-order valence-corrected chi connectivity index (χ2v) is 4.88. The predicted molar refractivity (Wildman–Crippen MR) is 66.8 cm³/mol. The van der Waals surface area contributed by atoms with Crippen molar-refractivity contribution in [2.24, 2.45) is 0 Å². The van der Waals surface area contributed by atoms with Crippen LogP contribution in [0.15, 0.2) is 17.5 Å². The molecular formula is C10H16N2S2. The molecule has 0 amide bonds. The molecule has 2 nitrogen and oxygen atoms in total. The molecule has 14 heavy (non-hydrogen) atoms. The maximum atomic E-state index is 4.26. The van der Waals surface area contributed by atoms with E-state index in [1.807, 2.05) is 11.3 Å². The fraction of sp³-hybridized carbons (Fsp3) is 0.600. The molecule has 0 spiro atoms. The number of rotatable bonds is 3. The monoisotopic (exact) mass is 228 g/mol. The van der Waals surface area contributed by atoms with Gasteiger partial charge in [0.05, 0.1) is 5.00 Å². The zero-order valence-corrected chi connectivity index (χ0v) is 9.94. The van der Waals surface area contributed by atoms with E-state index in [-0.39, 0.29) is 0 Å². The fourth-order valence-corrected chi connectivity index (χ4v) is 2.85. The first-order chi connectivity index (χ1) is 6.90. The van der Waals surface area contributed by atoms with Crippen LogP contribution >= 0.6 is 24.0 Å². The van der Waals surface area contributed by atoms with Crippen LogP contribution in [-0.4, -0.2) is 43.4 Å². The Morgan fingerprint density at radius 3 is 2.64 bits per heavy atom. The van der Waals surface area contributed by atoms with E-state index in [2.05, 4.69) is 39.9 Å². The van der Waals surface area contributed by atoms with E-state index >= 15 is 0 Å². The summed E-state index contributed by atoms with van der Waals surface area (Å²) in [5.41, 5.74) is 0. The summed E-state index contributed by atoms with van der Waals surface area (Å²) in [5, 5.41) is 3.56. The summed E-state index contributed by atoms with van der Waals surface area (Å²) in [4.78, 5) is 4.96. The van der Waals surface area contributed by atoms with Crippen LogP contribution in [0.2, 0.25) is 0 Å². The minimum Gasteiger partial charge on any atom is -0.361 e. The highest BCUT2D eigenvalue weighted by atomic mass is 32.1. The summed E-state index contributed by atoms with van der Waals surface area (Å²) in [5.74, 6) is 0.971. The third-order valence-electron chi connectivity index (χ3n) is 2.61. The SMILES string of the molecule is SCCN1CCN(c2cccs2)CC1.